The van der Waals surface area contributed by atoms with Crippen LogP contribution in [0.4, 0.5) is 0 Å². The molecule has 0 saturated carbocycles. The normalized spacial score (nSPS) is 10.4. The van der Waals surface area contributed by atoms with Crippen molar-refractivity contribution >= 4 is 55.9 Å². The largest absolute Gasteiger partial charge is 0.294 e. The van der Waals surface area contributed by atoms with Crippen molar-refractivity contribution in [1.29, 1.82) is 0 Å². The molecule has 0 aromatic heterocycles. The highest BCUT2D eigenvalue weighted by Crippen LogP contribution is 2.23. The lowest BCUT2D eigenvalue weighted by atomic mass is 10.0. The van der Waals surface area contributed by atoms with Gasteiger partial charge in [-0.2, -0.15) is 0 Å². The summed E-state index contributed by atoms with van der Waals surface area (Å²) in [5.74, 6) is 0.0872. The van der Waals surface area contributed by atoms with Crippen LogP contribution in [0.2, 0.25) is 5.02 Å². The van der Waals surface area contributed by atoms with E-state index in [0.717, 1.165) is 19.2 Å². The predicted molar refractivity (Wildman–Crippen MR) is 86.3 cm³/mol. The zero-order chi connectivity index (χ0) is 13.1. The highest BCUT2D eigenvalue weighted by Gasteiger charge is 2.12. The second-order valence-electron chi connectivity index (χ2n) is 3.82. The van der Waals surface area contributed by atoms with Crippen LogP contribution in [0.5, 0.6) is 0 Å². The monoisotopic (exact) mass is 434 g/mol. The Labute approximate surface area is 133 Å². The average Bonchev–Trinajstić information content (AvgIpc) is 2.33. The fourth-order valence-electron chi connectivity index (χ4n) is 1.62. The summed E-state index contributed by atoms with van der Waals surface area (Å²) in [5, 5.41) is 0.615. The predicted octanol–water partition coefficient (Wildman–Crippen LogP) is 5.13. The van der Waals surface area contributed by atoms with Crippen molar-refractivity contribution in [2.24, 2.45) is 0 Å². The minimum atomic E-state index is 0.0872. The van der Waals surface area contributed by atoms with Crippen LogP contribution in [0.3, 0.4) is 0 Å². The molecule has 1 nitrogen and oxygen atoms in total. The van der Waals surface area contributed by atoms with E-state index in [2.05, 4.69) is 38.5 Å². The van der Waals surface area contributed by atoms with Gasteiger partial charge in [-0.15, -0.1) is 0 Å². The summed E-state index contributed by atoms with van der Waals surface area (Å²) >= 11 is 11.6. The van der Waals surface area contributed by atoms with Crippen LogP contribution in [0.15, 0.2) is 46.9 Å². The molecule has 0 atom stereocenters. The van der Waals surface area contributed by atoms with Gasteiger partial charge >= 0.3 is 0 Å². The quantitative estimate of drug-likeness (QED) is 0.482. The summed E-state index contributed by atoms with van der Waals surface area (Å²) in [6.45, 7) is 0. The SMILES string of the molecule is O=C(Cc1ccc(Br)cc1Cl)c1ccccc1I. The van der Waals surface area contributed by atoms with E-state index in [0.29, 0.717) is 11.4 Å². The van der Waals surface area contributed by atoms with E-state index in [4.69, 9.17) is 11.6 Å². The van der Waals surface area contributed by atoms with E-state index in [1.165, 1.54) is 0 Å². The Balaban J connectivity index is 2.24. The van der Waals surface area contributed by atoms with Crippen molar-refractivity contribution in [2.45, 2.75) is 6.42 Å². The van der Waals surface area contributed by atoms with Crippen LogP contribution in [0.25, 0.3) is 0 Å². The molecular formula is C14H9BrClIO. The first-order valence-electron chi connectivity index (χ1n) is 5.29. The van der Waals surface area contributed by atoms with E-state index >= 15 is 0 Å². The second-order valence-corrected chi connectivity index (χ2v) is 6.30. The summed E-state index contributed by atoms with van der Waals surface area (Å²) in [5.41, 5.74) is 1.60. The van der Waals surface area contributed by atoms with Crippen molar-refractivity contribution < 1.29 is 4.79 Å². The van der Waals surface area contributed by atoms with Crippen LogP contribution in [0.1, 0.15) is 15.9 Å². The average molecular weight is 435 g/mol. The van der Waals surface area contributed by atoms with E-state index < -0.39 is 0 Å². The molecule has 0 radical (unpaired) electrons. The first kappa shape index (κ1) is 14.0. The lowest BCUT2D eigenvalue weighted by molar-refractivity contribution is 0.0992. The molecule has 0 N–H and O–H groups in total. The van der Waals surface area contributed by atoms with Crippen LogP contribution in [-0.2, 0) is 6.42 Å². The molecule has 0 spiro atoms. The fraction of sp³-hybridized carbons (Fsp3) is 0.0714. The number of hydrogen-bond acceptors (Lipinski definition) is 1. The Morgan fingerprint density at radius 3 is 2.61 bits per heavy atom. The fourth-order valence-corrected chi connectivity index (χ4v) is 3.05. The molecule has 0 aliphatic heterocycles. The highest BCUT2D eigenvalue weighted by atomic mass is 127. The summed E-state index contributed by atoms with van der Waals surface area (Å²) in [6, 6.07) is 13.1. The Kier molecular flexibility index (Phi) is 4.81. The van der Waals surface area contributed by atoms with E-state index in [1.54, 1.807) is 6.07 Å². The number of halogens is 3. The summed E-state index contributed by atoms with van der Waals surface area (Å²) < 4.78 is 1.88. The third kappa shape index (κ3) is 3.33. The third-order valence-corrected chi connectivity index (χ3v) is 4.33. The summed E-state index contributed by atoms with van der Waals surface area (Å²) in [6.07, 6.45) is 0.326. The van der Waals surface area contributed by atoms with Crippen molar-refractivity contribution in [3.05, 3.63) is 66.7 Å². The molecule has 0 fully saturated rings. The molecule has 2 rings (SSSR count). The topological polar surface area (TPSA) is 17.1 Å². The molecule has 18 heavy (non-hydrogen) atoms. The number of carbonyl (C=O) groups is 1. The molecule has 0 bridgehead atoms. The van der Waals surface area contributed by atoms with Gasteiger partial charge in [0.25, 0.3) is 0 Å². The highest BCUT2D eigenvalue weighted by molar-refractivity contribution is 14.1. The Morgan fingerprint density at radius 1 is 1.22 bits per heavy atom. The standard InChI is InChI=1S/C14H9BrClIO/c15-10-6-5-9(12(16)8-10)7-14(18)11-3-1-2-4-13(11)17/h1-6,8H,7H2. The molecule has 92 valence electrons. The van der Waals surface area contributed by atoms with E-state index in [9.17, 15) is 4.79 Å². The van der Waals surface area contributed by atoms with Gasteiger partial charge in [0.05, 0.1) is 0 Å². The molecule has 0 heterocycles. The van der Waals surface area contributed by atoms with Crippen LogP contribution >= 0.6 is 50.1 Å². The number of Topliss-reactive ketones (excluding diaryl/α,β-unsaturated/α-hetero) is 1. The van der Waals surface area contributed by atoms with Gasteiger partial charge in [-0.1, -0.05) is 51.8 Å². The van der Waals surface area contributed by atoms with E-state index in [1.807, 2.05) is 36.4 Å². The maximum Gasteiger partial charge on any atom is 0.168 e. The van der Waals surface area contributed by atoms with Crippen LogP contribution in [0, 0.1) is 3.57 Å². The molecule has 0 amide bonds. The van der Waals surface area contributed by atoms with Gasteiger partial charge in [0.2, 0.25) is 0 Å². The molecule has 2 aromatic carbocycles. The number of hydrogen-bond donors (Lipinski definition) is 0. The van der Waals surface area contributed by atoms with E-state index in [-0.39, 0.29) is 5.78 Å². The van der Waals surface area contributed by atoms with Gasteiger partial charge in [-0.3, -0.25) is 4.79 Å². The summed E-state index contributed by atoms with van der Waals surface area (Å²) in [7, 11) is 0. The lowest BCUT2D eigenvalue weighted by Gasteiger charge is -2.06. The Morgan fingerprint density at radius 2 is 1.94 bits per heavy atom. The zero-order valence-corrected chi connectivity index (χ0v) is 13.8. The van der Waals surface area contributed by atoms with Gasteiger partial charge in [0.15, 0.2) is 5.78 Å². The molecule has 4 heteroatoms. The first-order valence-corrected chi connectivity index (χ1v) is 7.54. The maximum absolute atomic E-state index is 12.2. The van der Waals surface area contributed by atoms with Crippen molar-refractivity contribution in [2.75, 3.05) is 0 Å². The van der Waals surface area contributed by atoms with Crippen molar-refractivity contribution in [3.63, 3.8) is 0 Å². The lowest BCUT2D eigenvalue weighted by Crippen LogP contribution is -2.05. The van der Waals surface area contributed by atoms with Gasteiger partial charge in [0, 0.05) is 25.0 Å². The van der Waals surface area contributed by atoms with Gasteiger partial charge in [-0.25, -0.2) is 0 Å². The Hall–Kier alpha value is -0.390. The molecule has 0 aliphatic carbocycles. The second kappa shape index (κ2) is 6.17. The number of benzene rings is 2. The smallest absolute Gasteiger partial charge is 0.168 e. The van der Waals surface area contributed by atoms with Crippen molar-refractivity contribution in [3.8, 4) is 0 Å². The van der Waals surface area contributed by atoms with Gasteiger partial charge in [0.1, 0.15) is 0 Å². The molecule has 2 aromatic rings. The number of ketones is 1. The molecular weight excluding hydrogens is 426 g/mol. The van der Waals surface area contributed by atoms with Crippen LogP contribution < -0.4 is 0 Å². The third-order valence-electron chi connectivity index (χ3n) is 2.54. The zero-order valence-electron chi connectivity index (χ0n) is 9.29. The first-order chi connectivity index (χ1) is 8.58. The van der Waals surface area contributed by atoms with Gasteiger partial charge < -0.3 is 0 Å². The van der Waals surface area contributed by atoms with Gasteiger partial charge in [-0.05, 0) is 46.4 Å². The minimum absolute atomic E-state index is 0.0872. The van der Waals surface area contributed by atoms with Crippen LogP contribution in [-0.4, -0.2) is 5.78 Å². The maximum atomic E-state index is 12.2. The number of carbonyl (C=O) groups excluding carboxylic acids is 1. The number of rotatable bonds is 3. The molecule has 0 aliphatic rings. The Bertz CT molecular complexity index is 598. The van der Waals surface area contributed by atoms with Crippen molar-refractivity contribution in [1.82, 2.24) is 0 Å². The minimum Gasteiger partial charge on any atom is -0.294 e. The molecule has 0 unspecified atom stereocenters. The molecule has 0 saturated heterocycles. The summed E-state index contributed by atoms with van der Waals surface area (Å²) in [4.78, 5) is 12.2.